The Morgan fingerprint density at radius 1 is 0.500 bits per heavy atom. The van der Waals surface area contributed by atoms with Crippen LogP contribution in [0, 0.1) is 51.2 Å². The van der Waals surface area contributed by atoms with Crippen LogP contribution in [0.2, 0.25) is 0 Å². The summed E-state index contributed by atoms with van der Waals surface area (Å²) in [5.41, 5.74) is 0.784. The van der Waals surface area contributed by atoms with Crippen molar-refractivity contribution < 1.29 is 17.1 Å². The van der Waals surface area contributed by atoms with E-state index in [0.29, 0.717) is 10.8 Å². The molecule has 1 saturated carbocycles. The summed E-state index contributed by atoms with van der Waals surface area (Å²) in [5.74, 6) is 7.34. The molecule has 0 aromatic rings. The van der Waals surface area contributed by atoms with E-state index in [2.05, 4.69) is 76.2 Å². The van der Waals surface area contributed by atoms with Crippen LogP contribution >= 0.6 is 25.1 Å². The fraction of sp³-hybridized carbons (Fsp3) is 0.650. The van der Waals surface area contributed by atoms with E-state index in [9.17, 15) is 0 Å². The molecule has 0 bridgehead atoms. The summed E-state index contributed by atoms with van der Waals surface area (Å²) in [7, 11) is 4.59. The van der Waals surface area contributed by atoms with E-state index in [1.165, 1.54) is 54.7 Å². The average molecular weight is 422 g/mol. The largest absolute Gasteiger partial charge is 2.00 e. The van der Waals surface area contributed by atoms with Gasteiger partial charge in [-0.05, 0) is 57.0 Å². The minimum atomic E-state index is 0. The van der Waals surface area contributed by atoms with Gasteiger partial charge < -0.3 is 0 Å². The van der Waals surface area contributed by atoms with Crippen LogP contribution in [0.5, 0.6) is 0 Å². The van der Waals surface area contributed by atoms with Gasteiger partial charge in [0, 0.05) is 10.8 Å². The molecule has 10 radical (unpaired) electrons. The van der Waals surface area contributed by atoms with E-state index < -0.39 is 0 Å². The van der Waals surface area contributed by atoms with E-state index in [1.54, 1.807) is 10.8 Å². The smallest absolute Gasteiger partial charge is 0.0589 e. The van der Waals surface area contributed by atoms with E-state index in [4.69, 9.17) is 0 Å². The van der Waals surface area contributed by atoms with Crippen LogP contribution in [0.15, 0.2) is 0 Å². The quantitative estimate of drug-likeness (QED) is 0.270. The van der Waals surface area contributed by atoms with Crippen molar-refractivity contribution in [1.82, 2.24) is 0 Å². The van der Waals surface area contributed by atoms with Gasteiger partial charge in [-0.1, -0.05) is 84.7 Å². The summed E-state index contributed by atoms with van der Waals surface area (Å²) in [6.45, 7) is 24.9. The predicted molar refractivity (Wildman–Crippen MR) is 111 cm³/mol. The third-order valence-electron chi connectivity index (χ3n) is 4.61. The molecule has 0 nitrogen and oxygen atoms in total. The number of rotatable bonds is 0. The fourth-order valence-corrected chi connectivity index (χ4v) is 9.12. The maximum absolute atomic E-state index is 2.32. The summed E-state index contributed by atoms with van der Waals surface area (Å²) >= 11 is 0. The molecule has 0 spiro atoms. The molecule has 0 aromatic heterocycles. The van der Waals surface area contributed by atoms with Gasteiger partial charge in [-0.15, -0.1) is 0 Å². The molecule has 1 heterocycles. The molecule has 2 aliphatic rings. The van der Waals surface area contributed by atoms with Crippen molar-refractivity contribution in [2.75, 3.05) is 0 Å². The molecule has 4 heteroatoms. The van der Waals surface area contributed by atoms with E-state index in [0.717, 1.165) is 0 Å². The third kappa shape index (κ3) is 6.76. The molecular weight excluding hydrogens is 389 g/mol. The molecule has 1 aliphatic heterocycles. The van der Waals surface area contributed by atoms with Gasteiger partial charge in [0.15, 0.2) is 0 Å². The molecule has 0 aromatic carbocycles. The van der Waals surface area contributed by atoms with Crippen LogP contribution in [0.4, 0.5) is 0 Å². The molecule has 1 aliphatic carbocycles. The van der Waals surface area contributed by atoms with Gasteiger partial charge in [-0.3, -0.25) is 0 Å². The first-order chi connectivity index (χ1) is 10.3. The summed E-state index contributed by atoms with van der Waals surface area (Å²) in [5, 5.41) is 3.36. The zero-order chi connectivity index (χ0) is 18.2. The standard InChI is InChI=1S/C10H18P3.C10H15.Fe/c1-9(2,3)7-11-8(13-12-7)10(4,5)6;1-6-7(2)9(4)10(5)8(6)3;/h1-6H3;1-5H3;/q;;+2. The minimum absolute atomic E-state index is 0. The first kappa shape index (κ1) is 25.8. The zero-order valence-electron chi connectivity index (χ0n) is 17.2. The van der Waals surface area contributed by atoms with Crippen molar-refractivity contribution in [2.24, 2.45) is 10.8 Å². The van der Waals surface area contributed by atoms with Gasteiger partial charge >= 0.3 is 17.1 Å². The molecule has 1 saturated heterocycles. The molecule has 2 rings (SSSR count). The fourth-order valence-electron chi connectivity index (χ4n) is 2.28. The van der Waals surface area contributed by atoms with Crippen molar-refractivity contribution >= 4 is 25.1 Å². The van der Waals surface area contributed by atoms with Crippen LogP contribution in [0.3, 0.4) is 0 Å². The molecule has 0 atom stereocenters. The molecule has 24 heavy (non-hydrogen) atoms. The van der Waals surface area contributed by atoms with Crippen LogP contribution in [-0.4, -0.2) is 0 Å². The van der Waals surface area contributed by atoms with Crippen molar-refractivity contribution in [1.29, 1.82) is 0 Å². The molecule has 0 unspecified atom stereocenters. The predicted octanol–water partition coefficient (Wildman–Crippen LogP) is 8.79. The van der Waals surface area contributed by atoms with Crippen LogP contribution in [0.25, 0.3) is 0 Å². The second kappa shape index (κ2) is 9.84. The summed E-state index contributed by atoms with van der Waals surface area (Å²) < 4.78 is 0. The van der Waals surface area contributed by atoms with Gasteiger partial charge in [0.05, 0.1) is 0 Å². The Kier molecular flexibility index (Phi) is 10.6. The second-order valence-corrected chi connectivity index (χ2v) is 12.9. The number of hydrogen-bond acceptors (Lipinski definition) is 0. The molecular formula is C20H33FeP3+2. The van der Waals surface area contributed by atoms with Gasteiger partial charge in [0.25, 0.3) is 0 Å². The minimum Gasteiger partial charge on any atom is -0.0589 e. The van der Waals surface area contributed by atoms with E-state index in [-0.39, 0.29) is 17.1 Å². The first-order valence-corrected chi connectivity index (χ1v) is 11.7. The van der Waals surface area contributed by atoms with Crippen LogP contribution < -0.4 is 0 Å². The maximum atomic E-state index is 2.32. The Bertz CT molecular complexity index is 307. The average Bonchev–Trinajstić information content (AvgIpc) is 2.98. The Labute approximate surface area is 169 Å². The van der Waals surface area contributed by atoms with Crippen molar-refractivity contribution in [3.63, 3.8) is 0 Å². The van der Waals surface area contributed by atoms with E-state index >= 15 is 0 Å². The molecule has 0 amide bonds. The summed E-state index contributed by atoms with van der Waals surface area (Å²) in [4.78, 5) is 0. The normalized spacial score (nSPS) is 27.1. The SMILES string of the molecule is CC(C)(C)[C]1[P][P][C](C(C)(C)C)[P]1.C[C]1[C](C)[C](C)[C](C)[C]1C.[Fe+2]. The Balaban J connectivity index is 0.000000436. The van der Waals surface area contributed by atoms with Crippen molar-refractivity contribution in [3.8, 4) is 0 Å². The second-order valence-electron chi connectivity index (χ2n) is 8.58. The van der Waals surface area contributed by atoms with Gasteiger partial charge in [-0.2, -0.15) is 0 Å². The topological polar surface area (TPSA) is 0 Å². The summed E-state index contributed by atoms with van der Waals surface area (Å²) in [6.07, 6.45) is 0. The Morgan fingerprint density at radius 3 is 0.833 bits per heavy atom. The van der Waals surface area contributed by atoms with Crippen molar-refractivity contribution in [3.05, 3.63) is 40.4 Å². The van der Waals surface area contributed by atoms with Crippen LogP contribution in [-0.2, 0) is 17.1 Å². The Hall–Kier alpha value is 1.81. The maximum Gasteiger partial charge on any atom is 2.00 e. The molecule has 0 N–H and O–H groups in total. The molecule has 134 valence electrons. The van der Waals surface area contributed by atoms with Gasteiger partial charge in [0.1, 0.15) is 0 Å². The Morgan fingerprint density at radius 2 is 0.708 bits per heavy atom. The third-order valence-corrected chi connectivity index (χ3v) is 11.8. The molecule has 2 fully saturated rings. The first-order valence-electron chi connectivity index (χ1n) is 8.34. The monoisotopic (exact) mass is 422 g/mol. The van der Waals surface area contributed by atoms with Gasteiger partial charge in [0.2, 0.25) is 0 Å². The van der Waals surface area contributed by atoms with Crippen LogP contribution in [0.1, 0.15) is 76.2 Å². The zero-order valence-corrected chi connectivity index (χ0v) is 21.0. The van der Waals surface area contributed by atoms with Crippen molar-refractivity contribution in [2.45, 2.75) is 76.2 Å². The summed E-state index contributed by atoms with van der Waals surface area (Å²) in [6, 6.07) is 0. The van der Waals surface area contributed by atoms with E-state index in [1.807, 2.05) is 0 Å². The van der Waals surface area contributed by atoms with Gasteiger partial charge in [-0.25, -0.2) is 0 Å². The number of hydrogen-bond donors (Lipinski definition) is 0.